The van der Waals surface area contributed by atoms with E-state index in [1.54, 1.807) is 6.08 Å². The summed E-state index contributed by atoms with van der Waals surface area (Å²) >= 11 is 0. The van der Waals surface area contributed by atoms with Crippen LogP contribution in [0.3, 0.4) is 0 Å². The van der Waals surface area contributed by atoms with Gasteiger partial charge >= 0.3 is 7.82 Å². The van der Waals surface area contributed by atoms with E-state index in [0.29, 0.717) is 17.4 Å². The van der Waals surface area contributed by atoms with Gasteiger partial charge in [-0.3, -0.25) is 13.8 Å². The molecule has 0 aliphatic heterocycles. The number of allylic oxidation sites excluding steroid dienone is 1. The van der Waals surface area contributed by atoms with Crippen LogP contribution in [0, 0.1) is 0 Å². The van der Waals surface area contributed by atoms with Crippen LogP contribution in [-0.4, -0.2) is 73.4 Å². The van der Waals surface area contributed by atoms with Gasteiger partial charge in [0.2, 0.25) is 5.91 Å². The first kappa shape index (κ1) is 55.2. The van der Waals surface area contributed by atoms with Gasteiger partial charge in [-0.05, 0) is 19.3 Å². The standard InChI is InChI=1S/C47H95N2O6P/c1-6-8-10-12-14-16-18-20-21-22-23-24-25-26-27-28-29-31-33-35-37-39-41-47(51)48-45(44-55-56(52,53)54-43-42-49(3,4)5)46(50)40-38-36-34-32-30-19-17-15-13-11-9-7-2/h38,40,45-46,50H,6-37,39,41-44H2,1-5H3,(H-,48,51,52,53)/p+1/b40-38+. The maximum absolute atomic E-state index is 12.9. The average Bonchev–Trinajstić information content (AvgIpc) is 3.15. The van der Waals surface area contributed by atoms with E-state index in [0.717, 1.165) is 38.5 Å². The lowest BCUT2D eigenvalue weighted by atomic mass is 10.0. The van der Waals surface area contributed by atoms with Crippen molar-refractivity contribution in [3.63, 3.8) is 0 Å². The number of phosphoric acid groups is 1. The van der Waals surface area contributed by atoms with Crippen LogP contribution in [-0.2, 0) is 18.4 Å². The Labute approximate surface area is 348 Å². The molecule has 0 fully saturated rings. The summed E-state index contributed by atoms with van der Waals surface area (Å²) in [7, 11) is 1.58. The molecule has 0 radical (unpaired) electrons. The first-order valence-corrected chi connectivity index (χ1v) is 25.6. The van der Waals surface area contributed by atoms with Crippen LogP contribution in [0.1, 0.15) is 232 Å². The van der Waals surface area contributed by atoms with Crippen molar-refractivity contribution in [2.75, 3.05) is 40.9 Å². The number of carbonyl (C=O) groups excluding carboxylic acids is 1. The van der Waals surface area contributed by atoms with Gasteiger partial charge in [0.05, 0.1) is 39.9 Å². The molecule has 0 saturated heterocycles. The highest BCUT2D eigenvalue weighted by atomic mass is 31.2. The lowest BCUT2D eigenvalue weighted by Crippen LogP contribution is -2.45. The fourth-order valence-electron chi connectivity index (χ4n) is 7.16. The fourth-order valence-corrected chi connectivity index (χ4v) is 7.90. The van der Waals surface area contributed by atoms with Crippen molar-refractivity contribution in [1.29, 1.82) is 0 Å². The molecule has 0 bridgehead atoms. The third kappa shape index (κ3) is 41.4. The Hall–Kier alpha value is -0.760. The third-order valence-electron chi connectivity index (χ3n) is 11.0. The summed E-state index contributed by atoms with van der Waals surface area (Å²) in [6, 6.07) is -0.839. The molecule has 9 heteroatoms. The Morgan fingerprint density at radius 3 is 1.32 bits per heavy atom. The summed E-state index contributed by atoms with van der Waals surface area (Å²) in [6.45, 7) is 4.83. The molecule has 334 valence electrons. The molecule has 0 aromatic rings. The van der Waals surface area contributed by atoms with Gasteiger partial charge < -0.3 is 19.8 Å². The van der Waals surface area contributed by atoms with Crippen LogP contribution in [0.25, 0.3) is 0 Å². The van der Waals surface area contributed by atoms with Gasteiger partial charge in [0.25, 0.3) is 0 Å². The van der Waals surface area contributed by atoms with E-state index in [2.05, 4.69) is 19.2 Å². The summed E-state index contributed by atoms with van der Waals surface area (Å²) in [4.78, 5) is 23.1. The molecule has 3 N–H and O–H groups in total. The number of hydrogen-bond acceptors (Lipinski definition) is 5. The molecular formula is C47H96N2O6P+. The summed E-state index contributed by atoms with van der Waals surface area (Å²) < 4.78 is 23.6. The molecule has 0 aromatic heterocycles. The van der Waals surface area contributed by atoms with Crippen LogP contribution in [0.5, 0.6) is 0 Å². The smallest absolute Gasteiger partial charge is 0.387 e. The third-order valence-corrected chi connectivity index (χ3v) is 12.0. The monoisotopic (exact) mass is 816 g/mol. The maximum Gasteiger partial charge on any atom is 0.472 e. The lowest BCUT2D eigenvalue weighted by molar-refractivity contribution is -0.870. The minimum Gasteiger partial charge on any atom is -0.387 e. The molecule has 0 aromatic carbocycles. The van der Waals surface area contributed by atoms with Crippen molar-refractivity contribution in [1.82, 2.24) is 5.32 Å². The summed E-state index contributed by atoms with van der Waals surface area (Å²) in [5.74, 6) is -0.173. The number of amides is 1. The molecule has 0 rings (SSSR count). The van der Waals surface area contributed by atoms with Crippen LogP contribution in [0.15, 0.2) is 12.2 Å². The molecule has 0 aliphatic rings. The zero-order chi connectivity index (χ0) is 41.4. The van der Waals surface area contributed by atoms with E-state index in [1.807, 2.05) is 27.2 Å². The van der Waals surface area contributed by atoms with Crippen LogP contribution >= 0.6 is 7.82 Å². The molecule has 0 spiro atoms. The number of rotatable bonds is 44. The minimum atomic E-state index is -4.33. The second-order valence-corrected chi connectivity index (χ2v) is 19.3. The number of quaternary nitrogens is 1. The quantitative estimate of drug-likeness (QED) is 0.0245. The Balaban J connectivity index is 4.22. The molecule has 3 atom stereocenters. The number of hydrogen-bond donors (Lipinski definition) is 3. The number of aliphatic hydroxyl groups is 1. The highest BCUT2D eigenvalue weighted by molar-refractivity contribution is 7.47. The highest BCUT2D eigenvalue weighted by Gasteiger charge is 2.27. The van der Waals surface area contributed by atoms with Gasteiger partial charge in [0, 0.05) is 6.42 Å². The molecule has 0 saturated carbocycles. The molecule has 0 aliphatic carbocycles. The number of phosphoric ester groups is 1. The number of nitrogens with one attached hydrogen (secondary N) is 1. The Morgan fingerprint density at radius 1 is 0.589 bits per heavy atom. The van der Waals surface area contributed by atoms with Crippen molar-refractivity contribution >= 4 is 13.7 Å². The van der Waals surface area contributed by atoms with Gasteiger partial charge in [-0.15, -0.1) is 0 Å². The van der Waals surface area contributed by atoms with Crippen molar-refractivity contribution in [2.45, 2.75) is 244 Å². The van der Waals surface area contributed by atoms with Gasteiger partial charge in [0.15, 0.2) is 0 Å². The fraction of sp³-hybridized carbons (Fsp3) is 0.936. The van der Waals surface area contributed by atoms with Crippen molar-refractivity contribution in [2.24, 2.45) is 0 Å². The van der Waals surface area contributed by atoms with Gasteiger partial charge in [-0.25, -0.2) is 4.57 Å². The average molecular weight is 816 g/mol. The topological polar surface area (TPSA) is 105 Å². The highest BCUT2D eigenvalue weighted by Crippen LogP contribution is 2.43. The molecule has 0 heterocycles. The predicted octanol–water partition coefficient (Wildman–Crippen LogP) is 13.5. The second kappa shape index (κ2) is 39.7. The Kier molecular flexibility index (Phi) is 39.1. The van der Waals surface area contributed by atoms with Gasteiger partial charge in [-0.1, -0.05) is 219 Å². The Morgan fingerprint density at radius 2 is 0.946 bits per heavy atom. The van der Waals surface area contributed by atoms with E-state index in [-0.39, 0.29) is 19.1 Å². The number of carbonyl (C=O) groups is 1. The first-order valence-electron chi connectivity index (χ1n) is 24.1. The largest absolute Gasteiger partial charge is 0.472 e. The van der Waals surface area contributed by atoms with E-state index in [4.69, 9.17) is 9.05 Å². The number of nitrogens with zero attached hydrogens (tertiary/aromatic N) is 1. The second-order valence-electron chi connectivity index (χ2n) is 17.8. The van der Waals surface area contributed by atoms with Crippen LogP contribution in [0.2, 0.25) is 0 Å². The van der Waals surface area contributed by atoms with Crippen molar-refractivity contribution in [3.05, 3.63) is 12.2 Å². The van der Waals surface area contributed by atoms with E-state index in [9.17, 15) is 19.4 Å². The zero-order valence-corrected chi connectivity index (χ0v) is 38.8. The summed E-state index contributed by atoms with van der Waals surface area (Å²) in [5.41, 5.74) is 0. The Bertz CT molecular complexity index is 927. The molecule has 1 amide bonds. The normalized spacial score (nSPS) is 14.3. The first-order chi connectivity index (χ1) is 27.0. The molecule has 3 unspecified atom stereocenters. The number of aliphatic hydroxyl groups excluding tert-OH is 1. The number of unbranched alkanes of at least 4 members (excludes halogenated alkanes) is 31. The molecule has 56 heavy (non-hydrogen) atoms. The summed E-state index contributed by atoms with van der Waals surface area (Å²) in [5, 5.41) is 13.8. The van der Waals surface area contributed by atoms with Gasteiger partial charge in [-0.2, -0.15) is 0 Å². The molecule has 8 nitrogen and oxygen atoms in total. The minimum absolute atomic E-state index is 0.0646. The van der Waals surface area contributed by atoms with E-state index in [1.165, 1.54) is 173 Å². The van der Waals surface area contributed by atoms with Crippen molar-refractivity contribution in [3.8, 4) is 0 Å². The SMILES string of the molecule is CCCCCCCCCCCC/C=C/C(O)C(COP(=O)(O)OCC[N+](C)(C)C)NC(=O)CCCCCCCCCCCCCCCCCCCCCCCC. The number of likely N-dealkylation sites (N-methyl/N-ethyl adjacent to an activating group) is 1. The zero-order valence-electron chi connectivity index (χ0n) is 37.9. The maximum atomic E-state index is 12.9. The van der Waals surface area contributed by atoms with E-state index < -0.39 is 20.0 Å². The van der Waals surface area contributed by atoms with E-state index >= 15 is 0 Å². The van der Waals surface area contributed by atoms with Gasteiger partial charge in [0.1, 0.15) is 13.2 Å². The summed E-state index contributed by atoms with van der Waals surface area (Å²) in [6.07, 6.45) is 45.7. The van der Waals surface area contributed by atoms with Crippen LogP contribution < -0.4 is 5.32 Å². The molecular weight excluding hydrogens is 719 g/mol. The lowest BCUT2D eigenvalue weighted by Gasteiger charge is -2.25. The van der Waals surface area contributed by atoms with Crippen molar-refractivity contribution < 1.29 is 32.9 Å². The predicted molar refractivity (Wildman–Crippen MR) is 240 cm³/mol. The van der Waals surface area contributed by atoms with Crippen LogP contribution in [0.4, 0.5) is 0 Å².